The standard InChI is InChI=1S/C44H24N2O.C43H23N3O.C43H23NO/c45-25-30-17-23-37-34-20-16-29(24-41(34)47-40-11-4-8-32(30)44(37)40)31-18-12-27-15-22-36-33(19-13-28-14-21-35(31)42(27)43(28)36)39-10-5-9-38(46-39)26-6-2-1-3-7-26;44-24-29-12-18-39-43-31(29)3-1-4-34(43)33-15-11-28(23-40(33)47-39)30-13-7-26-10-17-36-32(14-8-27-9-16-35(30)41(26)42(27)36)38-6-2-5-37(46-38)25-19-21-45-22-20-25;44-24-31-15-21-39-43-34(31)6-3-7-36(43)35-18-14-30(23-40(35)45-39)33-17-11-27-12-19-37-32(16-10-26-13-20-38(33)42(27)41(26)37)29-9-8-25-4-1-2-5-28(25)22-29/h1-24H;1-23H;1-23H. The van der Waals surface area contributed by atoms with E-state index < -0.39 is 0 Å². The molecular formula is C130H70N6O3. The molecule has 0 fully saturated rings. The Morgan fingerprint density at radius 1 is 0.165 bits per heavy atom. The van der Waals surface area contributed by atoms with Crippen molar-refractivity contribution in [1.82, 2.24) is 15.0 Å². The number of benzene rings is 24. The minimum Gasteiger partial charge on any atom is -0.456 e. The van der Waals surface area contributed by atoms with Crippen molar-refractivity contribution in [2.45, 2.75) is 0 Å². The lowest BCUT2D eigenvalue weighted by atomic mass is 9.86. The Hall–Kier alpha value is -19.2. The van der Waals surface area contributed by atoms with Crippen LogP contribution in [-0.4, -0.2) is 15.0 Å². The lowest BCUT2D eigenvalue weighted by Crippen LogP contribution is -1.98. The summed E-state index contributed by atoms with van der Waals surface area (Å²) in [6.07, 6.45) is 3.60. The van der Waals surface area contributed by atoms with Gasteiger partial charge in [0.2, 0.25) is 0 Å². The molecule has 0 saturated heterocycles. The molecule has 24 aromatic carbocycles. The van der Waals surface area contributed by atoms with E-state index in [2.05, 4.69) is 333 Å². The van der Waals surface area contributed by atoms with Gasteiger partial charge in [0.25, 0.3) is 0 Å². The second-order valence-corrected chi connectivity index (χ2v) is 36.2. The van der Waals surface area contributed by atoms with E-state index in [4.69, 9.17) is 24.2 Å². The quantitative estimate of drug-likeness (QED) is 0.136. The van der Waals surface area contributed by atoms with Crippen LogP contribution in [0.25, 0.3) is 263 Å². The predicted molar refractivity (Wildman–Crippen MR) is 568 cm³/mol. The number of hydrogen-bond donors (Lipinski definition) is 0. The molecule has 3 aromatic heterocycles. The second kappa shape index (κ2) is 30.9. The number of ether oxygens (including phenoxy) is 3. The predicted octanol–water partition coefficient (Wildman–Crippen LogP) is 34.8. The van der Waals surface area contributed by atoms with Gasteiger partial charge in [0.05, 0.1) is 57.7 Å². The summed E-state index contributed by atoms with van der Waals surface area (Å²) in [5.74, 6) is 4.84. The van der Waals surface area contributed by atoms with E-state index in [9.17, 15) is 15.8 Å². The van der Waals surface area contributed by atoms with Gasteiger partial charge in [0.15, 0.2) is 0 Å². The molecule has 3 aliphatic rings. The van der Waals surface area contributed by atoms with Gasteiger partial charge >= 0.3 is 0 Å². The fourth-order valence-corrected chi connectivity index (χ4v) is 22.5. The first kappa shape index (κ1) is 78.4. The summed E-state index contributed by atoms with van der Waals surface area (Å²) in [5, 5.41) is 59.6. The molecule has 0 unspecified atom stereocenters. The van der Waals surface area contributed by atoms with E-state index in [-0.39, 0.29) is 0 Å². The molecule has 638 valence electrons. The van der Waals surface area contributed by atoms with Crippen LogP contribution in [0, 0.1) is 34.0 Å². The number of rotatable bonds is 8. The minimum absolute atomic E-state index is 0.656. The topological polar surface area (TPSA) is 138 Å². The molecule has 0 amide bonds. The largest absolute Gasteiger partial charge is 0.456 e. The average molecular weight is 1760 g/mol. The summed E-state index contributed by atoms with van der Waals surface area (Å²) in [5.41, 5.74) is 25.9. The van der Waals surface area contributed by atoms with Crippen molar-refractivity contribution in [3.8, 4) is 176 Å². The van der Waals surface area contributed by atoms with Crippen LogP contribution >= 0.6 is 0 Å². The van der Waals surface area contributed by atoms with E-state index in [0.717, 1.165) is 173 Å². The molecule has 139 heavy (non-hydrogen) atoms. The van der Waals surface area contributed by atoms with Crippen LogP contribution in [-0.2, 0) is 0 Å². The van der Waals surface area contributed by atoms with E-state index in [1.165, 1.54) is 124 Å². The second-order valence-electron chi connectivity index (χ2n) is 36.2. The summed E-state index contributed by atoms with van der Waals surface area (Å²) in [4.78, 5) is 14.4. The van der Waals surface area contributed by atoms with E-state index in [1.54, 1.807) is 12.4 Å². The Morgan fingerprint density at radius 3 is 0.871 bits per heavy atom. The first-order valence-electron chi connectivity index (χ1n) is 46.6. The number of aromatic nitrogens is 3. The summed E-state index contributed by atoms with van der Waals surface area (Å²) in [6, 6.07) is 152. The molecule has 0 bridgehead atoms. The first-order chi connectivity index (χ1) is 68.7. The summed E-state index contributed by atoms with van der Waals surface area (Å²) in [6.45, 7) is 0. The third-order valence-electron chi connectivity index (χ3n) is 28.9. The van der Waals surface area contributed by atoms with Crippen LogP contribution in [0.15, 0.2) is 425 Å². The molecule has 30 rings (SSSR count). The molecular weight excluding hydrogens is 1690 g/mol. The number of fused-ring (bicyclic) bond motifs is 7. The molecule has 6 heterocycles. The highest BCUT2D eigenvalue weighted by molar-refractivity contribution is 6.31. The third kappa shape index (κ3) is 12.3. The number of nitriles is 3. The van der Waals surface area contributed by atoms with Gasteiger partial charge in [0, 0.05) is 83.7 Å². The Balaban J connectivity index is 0.000000103. The molecule has 0 atom stereocenters. The highest BCUT2D eigenvalue weighted by Crippen LogP contribution is 2.56. The Morgan fingerprint density at radius 2 is 0.460 bits per heavy atom. The molecule has 0 N–H and O–H groups in total. The van der Waals surface area contributed by atoms with Crippen LogP contribution in [0.1, 0.15) is 16.7 Å². The van der Waals surface area contributed by atoms with E-state index in [1.807, 2.05) is 103 Å². The molecule has 9 nitrogen and oxygen atoms in total. The van der Waals surface area contributed by atoms with Crippen molar-refractivity contribution in [1.29, 1.82) is 15.8 Å². The highest BCUT2D eigenvalue weighted by atomic mass is 16.5. The third-order valence-corrected chi connectivity index (χ3v) is 28.9. The molecule has 27 aromatic rings. The fraction of sp³-hybridized carbons (Fsp3) is 0. The van der Waals surface area contributed by atoms with Crippen LogP contribution in [0.4, 0.5) is 0 Å². The Kier molecular flexibility index (Phi) is 17.4. The molecule has 0 radical (unpaired) electrons. The van der Waals surface area contributed by atoms with Crippen LogP contribution in [0.2, 0.25) is 0 Å². The lowest BCUT2D eigenvalue weighted by Gasteiger charge is -2.23. The van der Waals surface area contributed by atoms with E-state index in [0.29, 0.717) is 16.7 Å². The zero-order chi connectivity index (χ0) is 91.8. The smallest absolute Gasteiger partial charge is 0.136 e. The van der Waals surface area contributed by atoms with Crippen molar-refractivity contribution in [2.75, 3.05) is 0 Å². The fourth-order valence-electron chi connectivity index (χ4n) is 22.5. The average Bonchev–Trinajstić information content (AvgIpc) is 0.721. The van der Waals surface area contributed by atoms with Gasteiger partial charge in [-0.1, -0.05) is 297 Å². The SMILES string of the molecule is N#Cc1ccc2c3c(cccc13)-c1ccc(-c3ccc4ccc5c(-c6ccc7ccccc7c6)ccc6ccc3c4c65)cc1O2.N#Cc1ccc2c3c(cccc13)-c1ccc(-c3ccc4ccc5c(-c6cccc(-c7ccncc7)n6)ccc6ccc3c4c65)cc1O2.N#Cc1ccc2c3c(cccc13)Oc1cc(-c3ccc4ccc5c(-c6cccc(-c7ccccc7)n6)ccc6ccc3c4c65)ccc1-2. The minimum atomic E-state index is 0.656. The summed E-state index contributed by atoms with van der Waals surface area (Å²) in [7, 11) is 0. The van der Waals surface area contributed by atoms with Gasteiger partial charge in [-0.2, -0.15) is 15.8 Å². The van der Waals surface area contributed by atoms with Crippen LogP contribution in [0.3, 0.4) is 0 Å². The molecule has 0 saturated carbocycles. The van der Waals surface area contributed by atoms with Crippen molar-refractivity contribution >= 4 is 140 Å². The molecule has 0 aliphatic carbocycles. The molecule has 9 heteroatoms. The highest BCUT2D eigenvalue weighted by Gasteiger charge is 2.29. The van der Waals surface area contributed by atoms with Gasteiger partial charge in [-0.25, -0.2) is 9.97 Å². The molecule has 3 aliphatic heterocycles. The summed E-state index contributed by atoms with van der Waals surface area (Å²) >= 11 is 0. The van der Waals surface area contributed by atoms with Gasteiger partial charge in [-0.05, 0) is 284 Å². The first-order valence-corrected chi connectivity index (χ1v) is 46.6. The number of hydrogen-bond acceptors (Lipinski definition) is 9. The Labute approximate surface area is 796 Å². The van der Waals surface area contributed by atoms with E-state index >= 15 is 0 Å². The lowest BCUT2D eigenvalue weighted by molar-refractivity contribution is 0.487. The zero-order valence-corrected chi connectivity index (χ0v) is 74.3. The van der Waals surface area contributed by atoms with Crippen molar-refractivity contribution in [3.05, 3.63) is 442 Å². The Bertz CT molecular complexity index is 9790. The van der Waals surface area contributed by atoms with Gasteiger partial charge < -0.3 is 14.2 Å². The zero-order valence-electron chi connectivity index (χ0n) is 74.3. The maximum Gasteiger partial charge on any atom is 0.136 e. The van der Waals surface area contributed by atoms with Crippen molar-refractivity contribution in [3.63, 3.8) is 0 Å². The van der Waals surface area contributed by atoms with Crippen molar-refractivity contribution in [2.24, 2.45) is 0 Å². The van der Waals surface area contributed by atoms with Crippen LogP contribution in [0.5, 0.6) is 34.5 Å². The molecule has 0 spiro atoms. The number of pyridine rings is 3. The van der Waals surface area contributed by atoms with Crippen LogP contribution < -0.4 is 14.2 Å². The number of nitrogens with zero attached hydrogens (tertiary/aromatic N) is 6. The van der Waals surface area contributed by atoms with Gasteiger partial charge in [-0.15, -0.1) is 0 Å². The van der Waals surface area contributed by atoms with Gasteiger partial charge in [0.1, 0.15) is 34.5 Å². The summed E-state index contributed by atoms with van der Waals surface area (Å²) < 4.78 is 19.6. The maximum atomic E-state index is 9.69. The monoisotopic (exact) mass is 1760 g/mol. The van der Waals surface area contributed by atoms with Gasteiger partial charge in [-0.3, -0.25) is 4.98 Å². The maximum absolute atomic E-state index is 9.69. The normalized spacial score (nSPS) is 12.0. The van der Waals surface area contributed by atoms with Crippen molar-refractivity contribution < 1.29 is 14.2 Å².